The molecule has 1 aromatic carbocycles. The molecule has 3 N–H and O–H groups in total. The van der Waals surface area contributed by atoms with Crippen molar-refractivity contribution in [2.75, 3.05) is 13.1 Å². The van der Waals surface area contributed by atoms with E-state index in [2.05, 4.69) is 0 Å². The Kier molecular flexibility index (Phi) is 3.62. The van der Waals surface area contributed by atoms with Crippen molar-refractivity contribution in [2.24, 2.45) is 11.7 Å². The number of carbonyl (C=O) groups excluding carboxylic acids is 1. The molecule has 0 aromatic heterocycles. The van der Waals surface area contributed by atoms with E-state index >= 15 is 0 Å². The average molecular weight is 298 g/mol. The monoisotopic (exact) mass is 298 g/mol. The lowest BCUT2D eigenvalue weighted by molar-refractivity contribution is -0.0932. The van der Waals surface area contributed by atoms with E-state index in [1.807, 2.05) is 13.8 Å². The number of nitrogens with two attached hydrogens (primary N) is 1. The van der Waals surface area contributed by atoms with Gasteiger partial charge in [0.2, 0.25) is 15.9 Å². The van der Waals surface area contributed by atoms with E-state index in [1.54, 1.807) is 0 Å². The molecule has 1 fully saturated rings. The van der Waals surface area contributed by atoms with E-state index < -0.39 is 21.5 Å². The van der Waals surface area contributed by atoms with Crippen molar-refractivity contribution in [3.63, 3.8) is 0 Å². The Bertz CT molecular complexity index is 616. The zero-order valence-electron chi connectivity index (χ0n) is 11.4. The maximum absolute atomic E-state index is 12.3. The molecule has 6 nitrogen and oxygen atoms in total. The molecule has 20 heavy (non-hydrogen) atoms. The molecule has 1 heterocycles. The van der Waals surface area contributed by atoms with Crippen LogP contribution in [0.25, 0.3) is 0 Å². The highest BCUT2D eigenvalue weighted by molar-refractivity contribution is 7.89. The number of rotatable bonds is 4. The van der Waals surface area contributed by atoms with Crippen LogP contribution in [0.3, 0.4) is 0 Å². The minimum absolute atomic E-state index is 0.00816. The largest absolute Gasteiger partial charge is 0.387 e. The number of sulfonamides is 1. The maximum atomic E-state index is 12.3. The number of carbonyl (C=O) groups is 1. The predicted molar refractivity (Wildman–Crippen MR) is 73.5 cm³/mol. The van der Waals surface area contributed by atoms with Gasteiger partial charge in [-0.2, -0.15) is 4.31 Å². The van der Waals surface area contributed by atoms with Crippen molar-refractivity contribution in [1.29, 1.82) is 0 Å². The van der Waals surface area contributed by atoms with Gasteiger partial charge in [-0.15, -0.1) is 0 Å². The zero-order chi connectivity index (χ0) is 15.1. The lowest BCUT2D eigenvalue weighted by atomic mass is 9.85. The smallest absolute Gasteiger partial charge is 0.248 e. The fourth-order valence-corrected chi connectivity index (χ4v) is 3.61. The van der Waals surface area contributed by atoms with Crippen molar-refractivity contribution in [3.05, 3.63) is 29.8 Å². The highest BCUT2D eigenvalue weighted by atomic mass is 32.2. The topological polar surface area (TPSA) is 101 Å². The summed E-state index contributed by atoms with van der Waals surface area (Å²) < 4.78 is 25.8. The van der Waals surface area contributed by atoms with E-state index in [-0.39, 0.29) is 29.5 Å². The van der Waals surface area contributed by atoms with E-state index in [9.17, 15) is 18.3 Å². The van der Waals surface area contributed by atoms with Crippen LogP contribution in [0.2, 0.25) is 0 Å². The third-order valence-corrected chi connectivity index (χ3v) is 5.56. The molecule has 0 radical (unpaired) electrons. The average Bonchev–Trinajstić information content (AvgIpc) is 2.34. The number of primary amides is 1. The minimum atomic E-state index is -3.63. The van der Waals surface area contributed by atoms with E-state index in [4.69, 9.17) is 5.73 Å². The fourth-order valence-electron chi connectivity index (χ4n) is 2.04. The number of hydrogen-bond acceptors (Lipinski definition) is 4. The summed E-state index contributed by atoms with van der Waals surface area (Å²) in [6.07, 6.45) is 0. The lowest BCUT2D eigenvalue weighted by Gasteiger charge is -2.47. The van der Waals surface area contributed by atoms with Gasteiger partial charge in [0, 0.05) is 18.7 Å². The van der Waals surface area contributed by atoms with Crippen LogP contribution in [0.5, 0.6) is 0 Å². The van der Waals surface area contributed by atoms with Crippen molar-refractivity contribution in [3.8, 4) is 0 Å². The van der Waals surface area contributed by atoms with Gasteiger partial charge < -0.3 is 10.8 Å². The van der Waals surface area contributed by atoms with Gasteiger partial charge in [0.05, 0.1) is 10.5 Å². The third-order valence-electron chi connectivity index (χ3n) is 3.75. The fraction of sp³-hybridized carbons (Fsp3) is 0.462. The summed E-state index contributed by atoms with van der Waals surface area (Å²) >= 11 is 0. The number of nitrogens with zero attached hydrogens (tertiary/aromatic N) is 1. The molecule has 1 saturated heterocycles. The van der Waals surface area contributed by atoms with Crippen LogP contribution < -0.4 is 5.73 Å². The summed E-state index contributed by atoms with van der Waals surface area (Å²) in [7, 11) is -3.63. The van der Waals surface area contributed by atoms with E-state index in [0.717, 1.165) is 0 Å². The Hall–Kier alpha value is -1.44. The van der Waals surface area contributed by atoms with Crippen LogP contribution >= 0.6 is 0 Å². The van der Waals surface area contributed by atoms with Crippen LogP contribution in [0.15, 0.2) is 29.2 Å². The second kappa shape index (κ2) is 4.83. The number of aliphatic hydroxyl groups is 1. The normalized spacial score (nSPS) is 18.8. The Morgan fingerprint density at radius 1 is 1.30 bits per heavy atom. The van der Waals surface area contributed by atoms with Crippen molar-refractivity contribution < 1.29 is 18.3 Å². The molecule has 1 aliphatic rings. The molecule has 2 rings (SSSR count). The van der Waals surface area contributed by atoms with Gasteiger partial charge in [-0.1, -0.05) is 13.8 Å². The maximum Gasteiger partial charge on any atom is 0.248 e. The Balaban J connectivity index is 2.19. The van der Waals surface area contributed by atoms with E-state index in [1.165, 1.54) is 28.6 Å². The second-order valence-electron chi connectivity index (χ2n) is 5.42. The first-order valence-electron chi connectivity index (χ1n) is 6.29. The SMILES string of the molecule is CC(C)C1(O)CN(S(=O)(=O)c2ccc(C(N)=O)cc2)C1. The summed E-state index contributed by atoms with van der Waals surface area (Å²) in [5, 5.41) is 10.1. The molecular formula is C13H18N2O4S. The first-order valence-corrected chi connectivity index (χ1v) is 7.73. The Labute approximate surface area is 118 Å². The number of benzene rings is 1. The first kappa shape index (κ1) is 15.0. The summed E-state index contributed by atoms with van der Waals surface area (Å²) in [5.41, 5.74) is 4.40. The summed E-state index contributed by atoms with van der Waals surface area (Å²) in [5.74, 6) is -0.613. The quantitative estimate of drug-likeness (QED) is 0.827. The number of hydrogen-bond donors (Lipinski definition) is 2. The minimum Gasteiger partial charge on any atom is -0.387 e. The van der Waals surface area contributed by atoms with Gasteiger partial charge in [0.1, 0.15) is 0 Å². The zero-order valence-corrected chi connectivity index (χ0v) is 12.2. The molecule has 110 valence electrons. The molecule has 0 spiro atoms. The van der Waals surface area contributed by atoms with Gasteiger partial charge in [0.25, 0.3) is 0 Å². The second-order valence-corrected chi connectivity index (χ2v) is 7.36. The molecule has 0 aliphatic carbocycles. The molecule has 1 amide bonds. The van der Waals surface area contributed by atoms with Crippen LogP contribution in [0.1, 0.15) is 24.2 Å². The van der Waals surface area contributed by atoms with Gasteiger partial charge in [-0.05, 0) is 30.2 Å². The van der Waals surface area contributed by atoms with Crippen LogP contribution in [-0.2, 0) is 10.0 Å². The number of β-amino-alcohol motifs (C(OH)–C–C–N with tert-alkyl or cyclic N) is 1. The van der Waals surface area contributed by atoms with Crippen molar-refractivity contribution >= 4 is 15.9 Å². The van der Waals surface area contributed by atoms with Crippen LogP contribution in [-0.4, -0.2) is 42.4 Å². The molecular weight excluding hydrogens is 280 g/mol. The summed E-state index contributed by atoms with van der Waals surface area (Å²) in [4.78, 5) is 11.0. The van der Waals surface area contributed by atoms with Crippen molar-refractivity contribution in [2.45, 2.75) is 24.3 Å². The molecule has 1 aromatic rings. The third kappa shape index (κ3) is 2.44. The molecule has 0 saturated carbocycles. The molecule has 0 bridgehead atoms. The predicted octanol–water partition coefficient (Wildman–Crippen LogP) is 0.177. The first-order chi connectivity index (χ1) is 9.17. The van der Waals surface area contributed by atoms with Crippen LogP contribution in [0, 0.1) is 5.92 Å². The molecule has 0 atom stereocenters. The summed E-state index contributed by atoms with van der Waals surface area (Å²) in [6.45, 7) is 3.88. The Morgan fingerprint density at radius 3 is 2.20 bits per heavy atom. The van der Waals surface area contributed by atoms with Gasteiger partial charge in [-0.25, -0.2) is 8.42 Å². The molecule has 7 heteroatoms. The van der Waals surface area contributed by atoms with Gasteiger partial charge >= 0.3 is 0 Å². The molecule has 1 aliphatic heterocycles. The molecule has 0 unspecified atom stereocenters. The highest BCUT2D eigenvalue weighted by Crippen LogP contribution is 2.33. The van der Waals surface area contributed by atoms with Crippen LogP contribution in [0.4, 0.5) is 0 Å². The summed E-state index contributed by atoms with van der Waals surface area (Å²) in [6, 6.07) is 5.46. The standard InChI is InChI=1S/C13H18N2O4S/c1-9(2)13(17)7-15(8-13)20(18,19)11-5-3-10(4-6-11)12(14)16/h3-6,9,17H,7-8H2,1-2H3,(H2,14,16). The lowest BCUT2D eigenvalue weighted by Crippen LogP contribution is -2.65. The van der Waals surface area contributed by atoms with Gasteiger partial charge in [-0.3, -0.25) is 4.79 Å². The highest BCUT2D eigenvalue weighted by Gasteiger charge is 2.49. The van der Waals surface area contributed by atoms with E-state index in [0.29, 0.717) is 0 Å². The number of amides is 1. The van der Waals surface area contributed by atoms with Crippen molar-refractivity contribution in [1.82, 2.24) is 4.31 Å². The Morgan fingerprint density at radius 2 is 1.80 bits per heavy atom. The van der Waals surface area contributed by atoms with Gasteiger partial charge in [0.15, 0.2) is 0 Å².